The van der Waals surface area contributed by atoms with Crippen LogP contribution >= 0.6 is 0 Å². The highest BCUT2D eigenvalue weighted by Gasteiger charge is 2.07. The van der Waals surface area contributed by atoms with Crippen LogP contribution in [-0.2, 0) is 12.8 Å². The lowest BCUT2D eigenvalue weighted by atomic mass is 9.95. The van der Waals surface area contributed by atoms with Gasteiger partial charge in [0.15, 0.2) is 0 Å². The molecule has 2 nitrogen and oxygen atoms in total. The first-order valence-electron chi connectivity index (χ1n) is 6.29. The van der Waals surface area contributed by atoms with E-state index in [9.17, 15) is 10.2 Å². The average molecular weight is 242 g/mol. The number of hydrogen-bond donors (Lipinski definition) is 2. The molecule has 0 saturated carbocycles. The van der Waals surface area contributed by atoms with Gasteiger partial charge in [-0.3, -0.25) is 0 Å². The number of rotatable bonds is 3. The van der Waals surface area contributed by atoms with Crippen molar-refractivity contribution in [2.45, 2.75) is 26.7 Å². The van der Waals surface area contributed by atoms with Crippen LogP contribution in [-0.4, -0.2) is 10.2 Å². The summed E-state index contributed by atoms with van der Waals surface area (Å²) in [6.45, 7) is 4.14. The molecule has 0 fully saturated rings. The van der Waals surface area contributed by atoms with Crippen LogP contribution in [0.3, 0.4) is 0 Å². The van der Waals surface area contributed by atoms with Crippen LogP contribution < -0.4 is 0 Å². The summed E-state index contributed by atoms with van der Waals surface area (Å²) in [5.74, 6) is 0.526. The van der Waals surface area contributed by atoms with E-state index in [2.05, 4.69) is 19.9 Å². The quantitative estimate of drug-likeness (QED) is 0.857. The number of benzene rings is 2. The predicted octanol–water partition coefficient (Wildman–Crippen LogP) is 3.89. The van der Waals surface area contributed by atoms with E-state index in [1.165, 1.54) is 5.56 Å². The second kappa shape index (κ2) is 5.13. The summed E-state index contributed by atoms with van der Waals surface area (Å²) in [5, 5.41) is 19.4. The van der Waals surface area contributed by atoms with Gasteiger partial charge in [-0.25, -0.2) is 0 Å². The molecule has 0 bridgehead atoms. The first-order chi connectivity index (χ1) is 8.63. The van der Waals surface area contributed by atoms with Crippen LogP contribution in [0.15, 0.2) is 36.4 Å². The fourth-order valence-electron chi connectivity index (χ4n) is 2.18. The Morgan fingerprint density at radius 3 is 2.28 bits per heavy atom. The molecule has 0 aliphatic heterocycles. The predicted molar refractivity (Wildman–Crippen MR) is 74.0 cm³/mol. The Morgan fingerprint density at radius 1 is 0.833 bits per heavy atom. The fraction of sp³-hybridized carbons (Fsp3) is 0.250. The molecular formula is C16H18O2. The molecule has 0 aliphatic carbocycles. The van der Waals surface area contributed by atoms with E-state index in [1.54, 1.807) is 24.3 Å². The molecule has 0 aromatic heterocycles. The van der Waals surface area contributed by atoms with E-state index >= 15 is 0 Å². The summed E-state index contributed by atoms with van der Waals surface area (Å²) < 4.78 is 0. The highest BCUT2D eigenvalue weighted by atomic mass is 16.3. The third-order valence-electron chi connectivity index (χ3n) is 3.17. The fourth-order valence-corrected chi connectivity index (χ4v) is 2.18. The Morgan fingerprint density at radius 2 is 1.61 bits per heavy atom. The van der Waals surface area contributed by atoms with E-state index < -0.39 is 0 Å². The maximum atomic E-state index is 9.76. The lowest BCUT2D eigenvalue weighted by Gasteiger charge is -2.11. The summed E-state index contributed by atoms with van der Waals surface area (Å²) in [7, 11) is 0. The largest absolute Gasteiger partial charge is 0.508 e. The summed E-state index contributed by atoms with van der Waals surface area (Å²) in [6.07, 6.45) is 1.77. The molecule has 18 heavy (non-hydrogen) atoms. The first-order valence-corrected chi connectivity index (χ1v) is 6.29. The van der Waals surface area contributed by atoms with Crippen LogP contribution in [0.5, 0.6) is 11.5 Å². The van der Waals surface area contributed by atoms with Gasteiger partial charge >= 0.3 is 0 Å². The molecule has 2 heteroatoms. The molecule has 0 saturated heterocycles. The average Bonchev–Trinajstić information content (AvgIpc) is 2.38. The minimum atomic E-state index is 0.253. The zero-order chi connectivity index (χ0) is 13.1. The van der Waals surface area contributed by atoms with Crippen LogP contribution in [0, 0.1) is 0 Å². The van der Waals surface area contributed by atoms with Gasteiger partial charge in [0.25, 0.3) is 0 Å². The van der Waals surface area contributed by atoms with Crippen LogP contribution in [0.4, 0.5) is 0 Å². The van der Waals surface area contributed by atoms with E-state index in [0.29, 0.717) is 0 Å². The normalized spacial score (nSPS) is 10.6. The van der Waals surface area contributed by atoms with E-state index in [0.717, 1.165) is 29.5 Å². The Bertz CT molecular complexity index is 559. The zero-order valence-corrected chi connectivity index (χ0v) is 10.8. The Kier molecular flexibility index (Phi) is 3.56. The van der Waals surface area contributed by atoms with Gasteiger partial charge < -0.3 is 10.2 Å². The van der Waals surface area contributed by atoms with Gasteiger partial charge in [0.1, 0.15) is 11.5 Å². The van der Waals surface area contributed by atoms with Crippen molar-refractivity contribution in [3.63, 3.8) is 0 Å². The maximum Gasteiger partial charge on any atom is 0.116 e. The van der Waals surface area contributed by atoms with Crippen molar-refractivity contribution in [1.29, 1.82) is 0 Å². The molecule has 2 N–H and O–H groups in total. The molecule has 2 rings (SSSR count). The van der Waals surface area contributed by atoms with Gasteiger partial charge in [0, 0.05) is 0 Å². The van der Waals surface area contributed by atoms with Gasteiger partial charge in [-0.15, -0.1) is 0 Å². The number of phenols is 2. The molecule has 2 aromatic carbocycles. The highest BCUT2D eigenvalue weighted by Crippen LogP contribution is 2.31. The van der Waals surface area contributed by atoms with Crippen LogP contribution in [0.1, 0.15) is 25.0 Å². The molecule has 0 aliphatic rings. The van der Waals surface area contributed by atoms with E-state index in [-0.39, 0.29) is 11.5 Å². The van der Waals surface area contributed by atoms with Crippen LogP contribution in [0.25, 0.3) is 11.1 Å². The smallest absolute Gasteiger partial charge is 0.116 e. The topological polar surface area (TPSA) is 40.5 Å². The minimum absolute atomic E-state index is 0.253. The standard InChI is InChI=1S/C16H18O2/c1-3-11-7-13(9-15(18)8-11)16-10-14(17)6-5-12(16)4-2/h5-10,17-18H,3-4H2,1-2H3. The molecule has 0 spiro atoms. The van der Waals surface area contributed by atoms with Crippen molar-refractivity contribution >= 4 is 0 Å². The van der Waals surface area contributed by atoms with Gasteiger partial charge in [-0.05, 0) is 59.4 Å². The van der Waals surface area contributed by atoms with Crippen molar-refractivity contribution in [2.24, 2.45) is 0 Å². The maximum absolute atomic E-state index is 9.76. The molecule has 0 atom stereocenters. The second-order valence-electron chi connectivity index (χ2n) is 4.44. The Balaban J connectivity index is 2.60. The molecule has 0 heterocycles. The van der Waals surface area contributed by atoms with Crippen molar-refractivity contribution in [3.8, 4) is 22.6 Å². The number of hydrogen-bond acceptors (Lipinski definition) is 2. The van der Waals surface area contributed by atoms with E-state index in [4.69, 9.17) is 0 Å². The molecule has 94 valence electrons. The van der Waals surface area contributed by atoms with Gasteiger partial charge in [-0.2, -0.15) is 0 Å². The third kappa shape index (κ3) is 2.48. The zero-order valence-electron chi connectivity index (χ0n) is 10.8. The number of aryl methyl sites for hydroxylation is 2. The van der Waals surface area contributed by atoms with Gasteiger partial charge in [-0.1, -0.05) is 26.0 Å². The minimum Gasteiger partial charge on any atom is -0.508 e. The van der Waals surface area contributed by atoms with Crippen molar-refractivity contribution in [1.82, 2.24) is 0 Å². The van der Waals surface area contributed by atoms with Gasteiger partial charge in [0.05, 0.1) is 0 Å². The molecule has 2 aromatic rings. The van der Waals surface area contributed by atoms with Gasteiger partial charge in [0.2, 0.25) is 0 Å². The van der Waals surface area contributed by atoms with Crippen molar-refractivity contribution in [2.75, 3.05) is 0 Å². The van der Waals surface area contributed by atoms with Crippen molar-refractivity contribution in [3.05, 3.63) is 47.5 Å². The summed E-state index contributed by atoms with van der Waals surface area (Å²) >= 11 is 0. The second-order valence-corrected chi connectivity index (χ2v) is 4.44. The third-order valence-corrected chi connectivity index (χ3v) is 3.17. The van der Waals surface area contributed by atoms with Crippen molar-refractivity contribution < 1.29 is 10.2 Å². The highest BCUT2D eigenvalue weighted by molar-refractivity contribution is 5.71. The SMILES string of the molecule is CCc1cc(O)cc(-c2cc(O)ccc2CC)c1. The van der Waals surface area contributed by atoms with Crippen LogP contribution in [0.2, 0.25) is 0 Å². The molecule has 0 amide bonds. The Labute approximate surface area is 108 Å². The lowest BCUT2D eigenvalue weighted by molar-refractivity contribution is 0.473. The molecule has 0 unspecified atom stereocenters. The Hall–Kier alpha value is -1.96. The molecular weight excluding hydrogens is 224 g/mol. The summed E-state index contributed by atoms with van der Waals surface area (Å²) in [4.78, 5) is 0. The van der Waals surface area contributed by atoms with E-state index in [1.807, 2.05) is 6.07 Å². The number of phenolic OH excluding ortho intramolecular Hbond substituents is 2. The first kappa shape index (κ1) is 12.5. The molecule has 0 radical (unpaired) electrons. The summed E-state index contributed by atoms with van der Waals surface area (Å²) in [5.41, 5.74) is 4.21. The number of aromatic hydroxyl groups is 2. The summed E-state index contributed by atoms with van der Waals surface area (Å²) in [6, 6.07) is 11.0. The lowest BCUT2D eigenvalue weighted by Crippen LogP contribution is -1.89. The monoisotopic (exact) mass is 242 g/mol.